The van der Waals surface area contributed by atoms with Crippen molar-refractivity contribution in [2.45, 2.75) is 13.8 Å². The first kappa shape index (κ1) is 18.3. The summed E-state index contributed by atoms with van der Waals surface area (Å²) in [7, 11) is 1.69. The van der Waals surface area contributed by atoms with Crippen LogP contribution in [0.1, 0.15) is 11.1 Å². The number of nitrogens with one attached hydrogen (secondary N) is 2. The fourth-order valence-corrected chi connectivity index (χ4v) is 3.54. The molecule has 5 nitrogen and oxygen atoms in total. The van der Waals surface area contributed by atoms with Crippen LogP contribution >= 0.6 is 0 Å². The van der Waals surface area contributed by atoms with E-state index in [1.165, 1.54) is 21.7 Å². The summed E-state index contributed by atoms with van der Waals surface area (Å²) in [6.45, 7) is 8.41. The maximum atomic E-state index is 12.4. The molecule has 0 aromatic heterocycles. The zero-order valence-electron chi connectivity index (χ0n) is 15.8. The highest BCUT2D eigenvalue weighted by atomic mass is 16.5. The fraction of sp³-hybridized carbons (Fsp3) is 0.381. The Morgan fingerprint density at radius 3 is 2.46 bits per heavy atom. The van der Waals surface area contributed by atoms with Gasteiger partial charge < -0.3 is 19.9 Å². The molecule has 1 heterocycles. The molecule has 1 aliphatic heterocycles. The van der Waals surface area contributed by atoms with Crippen LogP contribution in [0.4, 0.5) is 11.4 Å². The van der Waals surface area contributed by atoms with Crippen molar-refractivity contribution in [2.24, 2.45) is 0 Å². The number of benzene rings is 2. The van der Waals surface area contributed by atoms with Crippen LogP contribution in [0.3, 0.4) is 0 Å². The van der Waals surface area contributed by atoms with Gasteiger partial charge >= 0.3 is 0 Å². The van der Waals surface area contributed by atoms with Crippen LogP contribution in [-0.2, 0) is 4.79 Å². The average Bonchev–Trinajstić information content (AvgIpc) is 2.61. The summed E-state index contributed by atoms with van der Waals surface area (Å²) in [6.07, 6.45) is 0. The first-order valence-corrected chi connectivity index (χ1v) is 9.14. The van der Waals surface area contributed by atoms with Gasteiger partial charge in [-0.3, -0.25) is 4.79 Å². The molecular weight excluding hydrogens is 326 g/mol. The van der Waals surface area contributed by atoms with Crippen LogP contribution in [0, 0.1) is 13.8 Å². The van der Waals surface area contributed by atoms with E-state index in [1.807, 2.05) is 38.1 Å². The number of amides is 1. The summed E-state index contributed by atoms with van der Waals surface area (Å²) in [6, 6.07) is 14.3. The first-order chi connectivity index (χ1) is 12.5. The van der Waals surface area contributed by atoms with Crippen LogP contribution in [0.2, 0.25) is 0 Å². The molecule has 0 aliphatic carbocycles. The largest absolute Gasteiger partial charge is 0.497 e. The highest BCUT2D eigenvalue weighted by molar-refractivity contribution is 5.91. The van der Waals surface area contributed by atoms with Crippen molar-refractivity contribution in [2.75, 3.05) is 50.1 Å². The minimum Gasteiger partial charge on any atom is -0.497 e. The van der Waals surface area contributed by atoms with Crippen LogP contribution in [0.15, 0.2) is 42.5 Å². The average molecular weight is 354 g/mol. The molecule has 2 N–H and O–H groups in total. The van der Waals surface area contributed by atoms with E-state index in [2.05, 4.69) is 28.4 Å². The molecule has 0 saturated carbocycles. The van der Waals surface area contributed by atoms with Gasteiger partial charge in [-0.05, 0) is 49.2 Å². The number of carbonyl (C=O) groups is 1. The van der Waals surface area contributed by atoms with Gasteiger partial charge in [0.15, 0.2) is 6.54 Å². The quantitative estimate of drug-likeness (QED) is 0.858. The second-order valence-corrected chi connectivity index (χ2v) is 7.04. The van der Waals surface area contributed by atoms with E-state index < -0.39 is 0 Å². The highest BCUT2D eigenvalue weighted by Gasteiger charge is 2.22. The van der Waals surface area contributed by atoms with Gasteiger partial charge in [0.05, 0.1) is 33.3 Å². The Kier molecular flexibility index (Phi) is 5.78. The molecule has 3 rings (SSSR count). The van der Waals surface area contributed by atoms with Crippen molar-refractivity contribution in [3.05, 3.63) is 53.6 Å². The van der Waals surface area contributed by atoms with E-state index in [0.717, 1.165) is 37.6 Å². The lowest BCUT2D eigenvalue weighted by Gasteiger charge is -2.33. The minimum absolute atomic E-state index is 0.0832. The van der Waals surface area contributed by atoms with E-state index in [-0.39, 0.29) is 5.91 Å². The number of ether oxygens (including phenoxy) is 1. The van der Waals surface area contributed by atoms with Crippen LogP contribution in [-0.4, -0.2) is 45.7 Å². The zero-order chi connectivity index (χ0) is 18.5. The summed E-state index contributed by atoms with van der Waals surface area (Å²) in [5.41, 5.74) is 4.41. The number of carbonyl (C=O) groups excluding carboxylic acids is 1. The van der Waals surface area contributed by atoms with Gasteiger partial charge in [0.2, 0.25) is 0 Å². The van der Waals surface area contributed by atoms with Gasteiger partial charge in [0.1, 0.15) is 5.75 Å². The number of aryl methyl sites for hydroxylation is 2. The van der Waals surface area contributed by atoms with Crippen LogP contribution < -0.4 is 19.9 Å². The van der Waals surface area contributed by atoms with Gasteiger partial charge in [-0.25, -0.2) is 0 Å². The molecule has 1 amide bonds. The Labute approximate surface area is 155 Å². The summed E-state index contributed by atoms with van der Waals surface area (Å²) in [4.78, 5) is 16.1. The Hall–Kier alpha value is -2.53. The van der Waals surface area contributed by atoms with Gasteiger partial charge in [0.25, 0.3) is 5.91 Å². The Morgan fingerprint density at radius 2 is 1.81 bits per heavy atom. The third-order valence-electron chi connectivity index (χ3n) is 4.81. The molecule has 0 spiro atoms. The molecule has 1 aliphatic rings. The lowest BCUT2D eigenvalue weighted by Crippen LogP contribution is -3.15. The highest BCUT2D eigenvalue weighted by Crippen LogP contribution is 2.20. The monoisotopic (exact) mass is 354 g/mol. The van der Waals surface area contributed by atoms with E-state index in [9.17, 15) is 4.79 Å². The topological polar surface area (TPSA) is 46.0 Å². The standard InChI is InChI=1S/C21H27N3O2/c1-16-11-17(2)13-18(12-16)22-21(25)15-23-7-9-24(10-8-23)19-5-4-6-20(14-19)26-3/h4-6,11-14H,7-10,15H2,1-3H3,(H,22,25)/p+1. The minimum atomic E-state index is 0.0832. The fourth-order valence-electron chi connectivity index (χ4n) is 3.54. The first-order valence-electron chi connectivity index (χ1n) is 9.14. The summed E-state index contributed by atoms with van der Waals surface area (Å²) in [5.74, 6) is 0.963. The lowest BCUT2D eigenvalue weighted by atomic mass is 10.1. The van der Waals surface area contributed by atoms with Gasteiger partial charge in [0, 0.05) is 17.4 Å². The van der Waals surface area contributed by atoms with Crippen molar-refractivity contribution in [1.29, 1.82) is 0 Å². The summed E-state index contributed by atoms with van der Waals surface area (Å²) < 4.78 is 5.31. The van der Waals surface area contributed by atoms with E-state index >= 15 is 0 Å². The van der Waals surface area contributed by atoms with Crippen LogP contribution in [0.25, 0.3) is 0 Å². The maximum absolute atomic E-state index is 12.4. The van der Waals surface area contributed by atoms with Crippen LogP contribution in [0.5, 0.6) is 5.75 Å². The molecular formula is C21H28N3O2+. The molecule has 2 aromatic rings. The molecule has 0 bridgehead atoms. The molecule has 2 aromatic carbocycles. The number of anilines is 2. The SMILES string of the molecule is COc1cccc(N2CC[NH+](CC(=O)Nc3cc(C)cc(C)c3)CC2)c1. The number of piperazine rings is 1. The Morgan fingerprint density at radius 1 is 1.12 bits per heavy atom. The normalized spacial score (nSPS) is 15.0. The van der Waals surface area contributed by atoms with Crippen molar-refractivity contribution >= 4 is 17.3 Å². The zero-order valence-corrected chi connectivity index (χ0v) is 15.8. The van der Waals surface area contributed by atoms with Gasteiger partial charge in [-0.2, -0.15) is 0 Å². The van der Waals surface area contributed by atoms with E-state index in [1.54, 1.807) is 7.11 Å². The molecule has 0 radical (unpaired) electrons. The number of hydrogen-bond donors (Lipinski definition) is 2. The predicted molar refractivity (Wildman–Crippen MR) is 105 cm³/mol. The number of quaternary nitrogens is 1. The molecule has 0 unspecified atom stereocenters. The molecule has 26 heavy (non-hydrogen) atoms. The van der Waals surface area contributed by atoms with Gasteiger partial charge in [-0.15, -0.1) is 0 Å². The maximum Gasteiger partial charge on any atom is 0.279 e. The van der Waals surface area contributed by atoms with E-state index in [0.29, 0.717) is 6.54 Å². The Bertz CT molecular complexity index is 747. The van der Waals surface area contributed by atoms with Gasteiger partial charge in [-0.1, -0.05) is 12.1 Å². The van der Waals surface area contributed by atoms with E-state index in [4.69, 9.17) is 4.74 Å². The third-order valence-corrected chi connectivity index (χ3v) is 4.81. The van der Waals surface area contributed by atoms with Crippen molar-refractivity contribution in [3.63, 3.8) is 0 Å². The smallest absolute Gasteiger partial charge is 0.279 e. The van der Waals surface area contributed by atoms with Crippen molar-refractivity contribution < 1.29 is 14.4 Å². The number of nitrogens with zero attached hydrogens (tertiary/aromatic N) is 1. The summed E-state index contributed by atoms with van der Waals surface area (Å²) >= 11 is 0. The number of rotatable bonds is 5. The predicted octanol–water partition coefficient (Wildman–Crippen LogP) is 1.66. The lowest BCUT2D eigenvalue weighted by molar-refractivity contribution is -0.892. The summed E-state index contributed by atoms with van der Waals surface area (Å²) in [5, 5.41) is 3.04. The van der Waals surface area contributed by atoms with Crippen molar-refractivity contribution in [1.82, 2.24) is 0 Å². The second-order valence-electron chi connectivity index (χ2n) is 7.04. The molecule has 138 valence electrons. The third kappa shape index (κ3) is 4.76. The molecule has 1 saturated heterocycles. The number of methoxy groups -OCH3 is 1. The Balaban J connectivity index is 1.51. The molecule has 5 heteroatoms. The number of hydrogen-bond acceptors (Lipinski definition) is 3. The van der Waals surface area contributed by atoms with Crippen molar-refractivity contribution in [3.8, 4) is 5.75 Å². The second kappa shape index (κ2) is 8.23. The molecule has 0 atom stereocenters. The molecule has 1 fully saturated rings.